The second kappa shape index (κ2) is 9.95. The number of carboxylic acids is 1. The van der Waals surface area contributed by atoms with Gasteiger partial charge in [0.2, 0.25) is 5.91 Å². The molecule has 2 N–H and O–H groups in total. The van der Waals surface area contributed by atoms with Crippen molar-refractivity contribution in [3.8, 4) is 16.8 Å². The van der Waals surface area contributed by atoms with Crippen LogP contribution in [0.25, 0.3) is 27.7 Å². The number of carboxylic acid groups (broad SMARTS) is 1. The van der Waals surface area contributed by atoms with Gasteiger partial charge in [0.15, 0.2) is 0 Å². The Morgan fingerprint density at radius 2 is 1.88 bits per heavy atom. The molecule has 12 heteroatoms. The van der Waals surface area contributed by atoms with Crippen molar-refractivity contribution in [3.63, 3.8) is 0 Å². The van der Waals surface area contributed by atoms with Crippen LogP contribution in [-0.4, -0.2) is 46.3 Å². The lowest BCUT2D eigenvalue weighted by Crippen LogP contribution is -2.31. The number of rotatable bonds is 5. The normalized spacial score (nSPS) is 14.7. The zero-order chi connectivity index (χ0) is 29.9. The molecule has 2 aromatic carbocycles. The van der Waals surface area contributed by atoms with E-state index in [4.69, 9.17) is 11.6 Å². The monoisotopic (exact) mass is 585 g/mol. The highest BCUT2D eigenvalue weighted by molar-refractivity contribution is 6.31. The average molecular weight is 586 g/mol. The van der Waals surface area contributed by atoms with E-state index in [0.29, 0.717) is 45.9 Å². The molecule has 0 saturated heterocycles. The van der Waals surface area contributed by atoms with E-state index in [2.05, 4.69) is 20.8 Å². The van der Waals surface area contributed by atoms with Gasteiger partial charge in [-0.1, -0.05) is 32.4 Å². The van der Waals surface area contributed by atoms with E-state index in [1.807, 2.05) is 32.9 Å². The number of halogens is 1. The van der Waals surface area contributed by atoms with Gasteiger partial charge in [-0.05, 0) is 82.3 Å². The zero-order valence-electron chi connectivity index (χ0n) is 23.4. The molecule has 1 unspecified atom stereocenters. The summed E-state index contributed by atoms with van der Waals surface area (Å²) in [6.45, 7) is 5.89. The molecule has 1 atom stereocenters. The van der Waals surface area contributed by atoms with E-state index in [9.17, 15) is 19.5 Å². The number of hydrogen-bond acceptors (Lipinski definition) is 6. The van der Waals surface area contributed by atoms with Gasteiger partial charge in [-0.25, -0.2) is 4.79 Å². The molecule has 4 heterocycles. The third kappa shape index (κ3) is 4.55. The lowest BCUT2D eigenvalue weighted by molar-refractivity contribution is -0.119. The first-order chi connectivity index (χ1) is 19.9. The molecule has 0 fully saturated rings. The van der Waals surface area contributed by atoms with Gasteiger partial charge in [-0.15, -0.1) is 5.10 Å². The SMILES string of the molecule is Cn1c(C(=O)O)c(C(C)(C)C)c2cc(NC(=O)C3CCc4cc(-c5cc(Cl)ccc5-n5cnnn5)cc(=O)n43)ccc21. The second-order valence-corrected chi connectivity index (χ2v) is 11.9. The number of carbonyl (C=O) groups is 2. The van der Waals surface area contributed by atoms with Gasteiger partial charge in [0, 0.05) is 46.0 Å². The number of fused-ring (bicyclic) bond motifs is 2. The fraction of sp³-hybridized carbons (Fsp3) is 0.267. The highest BCUT2D eigenvalue weighted by Gasteiger charge is 2.32. The predicted molar refractivity (Wildman–Crippen MR) is 158 cm³/mol. The van der Waals surface area contributed by atoms with Crippen molar-refractivity contribution >= 4 is 40.1 Å². The van der Waals surface area contributed by atoms with Gasteiger partial charge in [0.1, 0.15) is 18.1 Å². The van der Waals surface area contributed by atoms with Gasteiger partial charge in [-0.2, -0.15) is 4.68 Å². The molecule has 11 nitrogen and oxygen atoms in total. The van der Waals surface area contributed by atoms with Crippen LogP contribution >= 0.6 is 11.6 Å². The van der Waals surface area contributed by atoms with Crippen LogP contribution in [0.15, 0.2) is 59.7 Å². The molecular formula is C30H28ClN7O4. The van der Waals surface area contributed by atoms with Crippen LogP contribution < -0.4 is 10.9 Å². The first-order valence-corrected chi connectivity index (χ1v) is 13.8. The molecule has 5 aromatic rings. The molecule has 0 spiro atoms. The molecule has 0 radical (unpaired) electrons. The summed E-state index contributed by atoms with van der Waals surface area (Å²) in [7, 11) is 1.73. The van der Waals surface area contributed by atoms with Crippen molar-refractivity contribution in [1.82, 2.24) is 29.3 Å². The first-order valence-electron chi connectivity index (χ1n) is 13.4. The van der Waals surface area contributed by atoms with Crippen LogP contribution in [0.2, 0.25) is 5.02 Å². The number of aromatic carboxylic acids is 1. The zero-order valence-corrected chi connectivity index (χ0v) is 24.2. The molecule has 1 aliphatic rings. The van der Waals surface area contributed by atoms with E-state index in [1.54, 1.807) is 41.9 Å². The van der Waals surface area contributed by atoms with E-state index < -0.39 is 17.4 Å². The molecule has 1 aliphatic heterocycles. The summed E-state index contributed by atoms with van der Waals surface area (Å²) in [5.41, 5.74) is 4.19. The Kier molecular flexibility index (Phi) is 6.49. The van der Waals surface area contributed by atoms with E-state index in [0.717, 1.165) is 16.6 Å². The quantitative estimate of drug-likeness (QED) is 0.303. The van der Waals surface area contributed by atoms with E-state index in [-0.39, 0.29) is 17.2 Å². The second-order valence-electron chi connectivity index (χ2n) is 11.5. The number of amides is 1. The topological polar surface area (TPSA) is 137 Å². The molecule has 0 saturated carbocycles. The summed E-state index contributed by atoms with van der Waals surface area (Å²) in [6.07, 6.45) is 2.47. The number of anilines is 1. The number of aromatic nitrogens is 6. The maximum absolute atomic E-state index is 13.5. The minimum atomic E-state index is -1.01. The number of aryl methyl sites for hydroxylation is 2. The van der Waals surface area contributed by atoms with Crippen LogP contribution in [-0.2, 0) is 23.7 Å². The Hall–Kier alpha value is -4.77. The number of nitrogens with zero attached hydrogens (tertiary/aromatic N) is 6. The number of carbonyl (C=O) groups excluding carboxylic acids is 1. The third-order valence-electron chi connectivity index (χ3n) is 7.72. The van der Waals surface area contributed by atoms with Crippen molar-refractivity contribution < 1.29 is 14.7 Å². The number of tetrazole rings is 1. The molecule has 42 heavy (non-hydrogen) atoms. The van der Waals surface area contributed by atoms with Crippen molar-refractivity contribution in [2.24, 2.45) is 7.05 Å². The lowest BCUT2D eigenvalue weighted by Gasteiger charge is -2.20. The number of benzene rings is 2. The predicted octanol–water partition coefficient (Wildman–Crippen LogP) is 4.76. The molecule has 1 amide bonds. The Labute approximate surface area is 245 Å². The Balaban J connectivity index is 1.34. The fourth-order valence-corrected chi connectivity index (χ4v) is 6.14. The average Bonchev–Trinajstić information content (AvgIpc) is 3.66. The summed E-state index contributed by atoms with van der Waals surface area (Å²) in [5, 5.41) is 25.5. The largest absolute Gasteiger partial charge is 0.477 e. The molecule has 3 aromatic heterocycles. The van der Waals surface area contributed by atoms with Crippen LogP contribution in [0.3, 0.4) is 0 Å². The van der Waals surface area contributed by atoms with E-state index in [1.165, 1.54) is 21.6 Å². The maximum Gasteiger partial charge on any atom is 0.352 e. The Morgan fingerprint density at radius 1 is 1.10 bits per heavy atom. The minimum absolute atomic E-state index is 0.219. The van der Waals surface area contributed by atoms with Crippen molar-refractivity contribution in [3.05, 3.63) is 87.2 Å². The third-order valence-corrected chi connectivity index (χ3v) is 7.96. The van der Waals surface area contributed by atoms with Crippen molar-refractivity contribution in [2.45, 2.75) is 45.1 Å². The van der Waals surface area contributed by atoms with Gasteiger partial charge >= 0.3 is 5.97 Å². The standard InChI is InChI=1S/C30H28ClN7O4/c1-30(2,3)26-21-14-18(6-9-22(21)36(4)27(26)29(41)42)33-28(40)24-10-7-19-11-16(12-25(39)38(19)24)20-13-17(31)5-8-23(20)37-15-32-34-35-37/h5-6,8-9,11-15,24H,7,10H2,1-4H3,(H,33,40)(H,41,42). The molecular weight excluding hydrogens is 558 g/mol. The molecule has 214 valence electrons. The highest BCUT2D eigenvalue weighted by atomic mass is 35.5. The summed E-state index contributed by atoms with van der Waals surface area (Å²) in [4.78, 5) is 39.1. The van der Waals surface area contributed by atoms with Crippen LogP contribution in [0, 0.1) is 0 Å². The van der Waals surface area contributed by atoms with Crippen molar-refractivity contribution in [1.29, 1.82) is 0 Å². The fourth-order valence-electron chi connectivity index (χ4n) is 5.97. The van der Waals surface area contributed by atoms with Crippen LogP contribution in [0.1, 0.15) is 55.0 Å². The highest BCUT2D eigenvalue weighted by Crippen LogP contribution is 2.37. The summed E-state index contributed by atoms with van der Waals surface area (Å²) >= 11 is 6.30. The van der Waals surface area contributed by atoms with E-state index >= 15 is 0 Å². The van der Waals surface area contributed by atoms with Gasteiger partial charge < -0.3 is 19.6 Å². The summed E-state index contributed by atoms with van der Waals surface area (Å²) in [5.74, 6) is -1.32. The minimum Gasteiger partial charge on any atom is -0.477 e. The lowest BCUT2D eigenvalue weighted by atomic mass is 9.84. The van der Waals surface area contributed by atoms with Crippen LogP contribution in [0.4, 0.5) is 5.69 Å². The molecule has 6 rings (SSSR count). The van der Waals surface area contributed by atoms with Gasteiger partial charge in [0.05, 0.1) is 5.69 Å². The first kappa shape index (κ1) is 27.4. The number of hydrogen-bond donors (Lipinski definition) is 2. The summed E-state index contributed by atoms with van der Waals surface area (Å²) < 4.78 is 4.70. The van der Waals surface area contributed by atoms with Crippen LogP contribution in [0.5, 0.6) is 0 Å². The molecule has 0 bridgehead atoms. The smallest absolute Gasteiger partial charge is 0.352 e. The number of pyridine rings is 1. The Bertz CT molecular complexity index is 1950. The van der Waals surface area contributed by atoms with Gasteiger partial charge in [-0.3, -0.25) is 9.59 Å². The number of nitrogens with one attached hydrogen (secondary N) is 1. The molecule has 0 aliphatic carbocycles. The maximum atomic E-state index is 13.5. The van der Waals surface area contributed by atoms with Crippen molar-refractivity contribution in [2.75, 3.05) is 5.32 Å². The van der Waals surface area contributed by atoms with Gasteiger partial charge in [0.25, 0.3) is 5.56 Å². The Morgan fingerprint density at radius 3 is 2.57 bits per heavy atom. The summed E-state index contributed by atoms with van der Waals surface area (Å²) in [6, 6.07) is 13.3.